The van der Waals surface area contributed by atoms with Crippen molar-refractivity contribution >= 4 is 22.4 Å². The van der Waals surface area contributed by atoms with Gasteiger partial charge >= 0.3 is 0 Å². The van der Waals surface area contributed by atoms with E-state index in [4.69, 9.17) is 4.74 Å². The molecule has 0 spiro atoms. The fourth-order valence-electron chi connectivity index (χ4n) is 4.69. The fraction of sp³-hybridized carbons (Fsp3) is 1.00. The SMILES string of the molecule is Cl.O=S(=O)(C1CC1)N1CCC(NC2CCCC2C2COCCN2)CC1. The van der Waals surface area contributed by atoms with Crippen molar-refractivity contribution in [3.05, 3.63) is 0 Å². The van der Waals surface area contributed by atoms with E-state index < -0.39 is 10.0 Å². The van der Waals surface area contributed by atoms with Crippen LogP contribution in [-0.4, -0.2) is 68.9 Å². The lowest BCUT2D eigenvalue weighted by molar-refractivity contribution is 0.0510. The molecule has 2 aliphatic carbocycles. The minimum Gasteiger partial charge on any atom is -0.379 e. The topological polar surface area (TPSA) is 70.7 Å². The van der Waals surface area contributed by atoms with Gasteiger partial charge in [0.1, 0.15) is 0 Å². The van der Waals surface area contributed by atoms with E-state index in [0.29, 0.717) is 37.1 Å². The highest BCUT2D eigenvalue weighted by Crippen LogP contribution is 2.33. The molecule has 2 saturated carbocycles. The zero-order valence-electron chi connectivity index (χ0n) is 14.9. The van der Waals surface area contributed by atoms with Gasteiger partial charge in [-0.15, -0.1) is 12.4 Å². The van der Waals surface area contributed by atoms with Crippen molar-refractivity contribution in [3.63, 3.8) is 0 Å². The van der Waals surface area contributed by atoms with Crippen LogP contribution in [0.25, 0.3) is 0 Å². The average Bonchev–Trinajstić information content (AvgIpc) is 3.37. The molecule has 146 valence electrons. The summed E-state index contributed by atoms with van der Waals surface area (Å²) in [7, 11) is -2.99. The zero-order chi connectivity index (χ0) is 16.6. The molecule has 0 aromatic heterocycles. The van der Waals surface area contributed by atoms with Crippen LogP contribution in [0.3, 0.4) is 0 Å². The second-order valence-electron chi connectivity index (χ2n) is 7.92. The van der Waals surface area contributed by atoms with Crippen molar-refractivity contribution in [2.24, 2.45) is 5.92 Å². The van der Waals surface area contributed by atoms with Crippen molar-refractivity contribution in [2.75, 3.05) is 32.8 Å². The summed E-state index contributed by atoms with van der Waals surface area (Å²) < 4.78 is 32.1. The lowest BCUT2D eigenvalue weighted by Crippen LogP contribution is -2.54. The van der Waals surface area contributed by atoms with Crippen LogP contribution in [0.15, 0.2) is 0 Å². The number of hydrogen-bond donors (Lipinski definition) is 2. The highest BCUT2D eigenvalue weighted by Gasteiger charge is 2.42. The van der Waals surface area contributed by atoms with Gasteiger partial charge in [0.25, 0.3) is 0 Å². The molecule has 4 aliphatic rings. The Morgan fingerprint density at radius 2 is 1.80 bits per heavy atom. The Balaban J connectivity index is 0.00000182. The molecule has 4 rings (SSSR count). The summed E-state index contributed by atoms with van der Waals surface area (Å²) in [6, 6.07) is 1.50. The number of nitrogens with zero attached hydrogens (tertiary/aromatic N) is 1. The smallest absolute Gasteiger partial charge is 0.216 e. The van der Waals surface area contributed by atoms with Gasteiger partial charge in [-0.1, -0.05) is 6.42 Å². The quantitative estimate of drug-likeness (QED) is 0.732. The average molecular weight is 394 g/mol. The van der Waals surface area contributed by atoms with E-state index in [9.17, 15) is 8.42 Å². The van der Waals surface area contributed by atoms with E-state index in [2.05, 4.69) is 10.6 Å². The Labute approximate surface area is 157 Å². The summed E-state index contributed by atoms with van der Waals surface area (Å²) >= 11 is 0. The van der Waals surface area contributed by atoms with Gasteiger partial charge in [-0.2, -0.15) is 0 Å². The Morgan fingerprint density at radius 3 is 2.44 bits per heavy atom. The molecule has 2 saturated heterocycles. The van der Waals surface area contributed by atoms with E-state index >= 15 is 0 Å². The first-order valence-corrected chi connectivity index (χ1v) is 11.2. The number of nitrogens with one attached hydrogen (secondary N) is 2. The molecule has 0 aromatic carbocycles. The van der Waals surface area contributed by atoms with Gasteiger partial charge in [0.2, 0.25) is 10.0 Å². The normalized spacial score (nSPS) is 35.4. The van der Waals surface area contributed by atoms with Crippen molar-refractivity contribution in [1.82, 2.24) is 14.9 Å². The molecule has 2 N–H and O–H groups in total. The van der Waals surface area contributed by atoms with Gasteiger partial charge in [0.05, 0.1) is 18.5 Å². The van der Waals surface area contributed by atoms with E-state index in [-0.39, 0.29) is 17.7 Å². The maximum absolute atomic E-state index is 12.3. The molecular weight excluding hydrogens is 362 g/mol. The number of piperidine rings is 1. The fourth-order valence-corrected chi connectivity index (χ4v) is 6.57. The Kier molecular flexibility index (Phi) is 6.66. The summed E-state index contributed by atoms with van der Waals surface area (Å²) in [5.74, 6) is 0.651. The predicted octanol–water partition coefficient (Wildman–Crippen LogP) is 1.11. The maximum atomic E-state index is 12.3. The summed E-state index contributed by atoms with van der Waals surface area (Å²) in [6.45, 7) is 4.01. The first-order chi connectivity index (χ1) is 11.6. The monoisotopic (exact) mass is 393 g/mol. The van der Waals surface area contributed by atoms with Crippen molar-refractivity contribution in [2.45, 2.75) is 68.3 Å². The Hall–Kier alpha value is 0.0800. The number of halogens is 1. The van der Waals surface area contributed by atoms with E-state index in [1.54, 1.807) is 4.31 Å². The minimum atomic E-state index is -2.99. The third-order valence-corrected chi connectivity index (χ3v) is 8.64. The molecule has 25 heavy (non-hydrogen) atoms. The third kappa shape index (κ3) is 4.50. The first-order valence-electron chi connectivity index (χ1n) is 9.71. The van der Waals surface area contributed by atoms with E-state index in [1.165, 1.54) is 19.3 Å². The molecular formula is C17H32ClN3O3S. The molecule has 3 unspecified atom stereocenters. The summed E-state index contributed by atoms with van der Waals surface area (Å²) in [4.78, 5) is 0. The molecule has 4 fully saturated rings. The molecule has 2 heterocycles. The second-order valence-corrected chi connectivity index (χ2v) is 10.1. The predicted molar refractivity (Wildman–Crippen MR) is 101 cm³/mol. The lowest BCUT2D eigenvalue weighted by atomic mass is 9.92. The minimum absolute atomic E-state index is 0. The van der Waals surface area contributed by atoms with E-state index in [1.807, 2.05) is 0 Å². The number of morpholine rings is 1. The van der Waals surface area contributed by atoms with Crippen LogP contribution >= 0.6 is 12.4 Å². The summed E-state index contributed by atoms with van der Waals surface area (Å²) in [5.41, 5.74) is 0. The first kappa shape index (κ1) is 19.8. The van der Waals surface area contributed by atoms with Gasteiger partial charge in [0, 0.05) is 37.8 Å². The van der Waals surface area contributed by atoms with Crippen molar-refractivity contribution in [1.29, 1.82) is 0 Å². The standard InChI is InChI=1S/C17H31N3O3S.ClH/c21-24(22,14-4-5-14)20-9-6-13(7-10-20)19-16-3-1-2-15(16)17-12-23-11-8-18-17;/h13-19H,1-12H2;1H. The number of ether oxygens (including phenoxy) is 1. The van der Waals surface area contributed by atoms with Gasteiger partial charge in [0.15, 0.2) is 0 Å². The van der Waals surface area contributed by atoms with Crippen molar-refractivity contribution < 1.29 is 13.2 Å². The van der Waals surface area contributed by atoms with E-state index in [0.717, 1.165) is 45.4 Å². The molecule has 8 heteroatoms. The third-order valence-electron chi connectivity index (χ3n) is 6.25. The van der Waals surface area contributed by atoms with Crippen LogP contribution in [0.5, 0.6) is 0 Å². The zero-order valence-corrected chi connectivity index (χ0v) is 16.5. The van der Waals surface area contributed by atoms with Crippen LogP contribution in [0, 0.1) is 5.92 Å². The number of hydrogen-bond acceptors (Lipinski definition) is 5. The van der Waals surface area contributed by atoms with Crippen LogP contribution < -0.4 is 10.6 Å². The molecule has 0 radical (unpaired) electrons. The van der Waals surface area contributed by atoms with Gasteiger partial charge in [-0.05, 0) is 44.4 Å². The lowest BCUT2D eigenvalue weighted by Gasteiger charge is -2.37. The molecule has 0 aromatic rings. The highest BCUT2D eigenvalue weighted by molar-refractivity contribution is 7.90. The molecule has 0 bridgehead atoms. The van der Waals surface area contributed by atoms with Crippen LogP contribution in [-0.2, 0) is 14.8 Å². The number of rotatable bonds is 5. The summed E-state index contributed by atoms with van der Waals surface area (Å²) in [6.07, 6.45) is 7.42. The van der Waals surface area contributed by atoms with Crippen molar-refractivity contribution in [3.8, 4) is 0 Å². The molecule has 6 nitrogen and oxygen atoms in total. The molecule has 3 atom stereocenters. The maximum Gasteiger partial charge on any atom is 0.216 e. The second kappa shape index (κ2) is 8.40. The summed E-state index contributed by atoms with van der Waals surface area (Å²) in [5, 5.41) is 7.42. The molecule has 2 aliphatic heterocycles. The van der Waals surface area contributed by atoms with Crippen LogP contribution in [0.4, 0.5) is 0 Å². The largest absolute Gasteiger partial charge is 0.379 e. The van der Waals surface area contributed by atoms with Gasteiger partial charge in [-0.3, -0.25) is 0 Å². The van der Waals surface area contributed by atoms with Crippen LogP contribution in [0.1, 0.15) is 44.9 Å². The highest BCUT2D eigenvalue weighted by atomic mass is 35.5. The van der Waals surface area contributed by atoms with Gasteiger partial charge < -0.3 is 15.4 Å². The van der Waals surface area contributed by atoms with Gasteiger partial charge in [-0.25, -0.2) is 12.7 Å². The Bertz CT molecular complexity index is 529. The molecule has 0 amide bonds. The Morgan fingerprint density at radius 1 is 1.04 bits per heavy atom. The van der Waals surface area contributed by atoms with Crippen LogP contribution in [0.2, 0.25) is 0 Å². The number of sulfonamides is 1.